The molecule has 2 aromatic rings. The fraction of sp³-hybridized carbons (Fsp3) is 0.231. The molecule has 0 aliphatic heterocycles. The molecule has 7 heteroatoms. The summed E-state index contributed by atoms with van der Waals surface area (Å²) in [5.74, 6) is 0.887. The van der Waals surface area contributed by atoms with E-state index in [-0.39, 0.29) is 12.5 Å². The molecule has 6 nitrogen and oxygen atoms in total. The quantitative estimate of drug-likeness (QED) is 0.841. The van der Waals surface area contributed by atoms with Gasteiger partial charge >= 0.3 is 0 Å². The van der Waals surface area contributed by atoms with Gasteiger partial charge < -0.3 is 20.5 Å². The van der Waals surface area contributed by atoms with Gasteiger partial charge in [0.25, 0.3) is 5.91 Å². The number of para-hydroxylation sites is 2. The number of aromatic nitrogens is 1. The van der Waals surface area contributed by atoms with Gasteiger partial charge in [0.1, 0.15) is 0 Å². The molecule has 0 saturated carbocycles. The largest absolute Gasteiger partial charge is 0.493 e. The molecule has 0 spiro atoms. The summed E-state index contributed by atoms with van der Waals surface area (Å²) in [6.45, 7) is 0.252. The highest BCUT2D eigenvalue weighted by molar-refractivity contribution is 7.13. The van der Waals surface area contributed by atoms with Crippen molar-refractivity contribution in [3.63, 3.8) is 0 Å². The highest BCUT2D eigenvalue weighted by Crippen LogP contribution is 2.25. The number of hydrogen-bond acceptors (Lipinski definition) is 6. The molecule has 1 heterocycles. The number of carbonyl (C=O) groups excluding carboxylic acids is 1. The third kappa shape index (κ3) is 3.86. The lowest BCUT2D eigenvalue weighted by Crippen LogP contribution is -2.28. The number of thiazole rings is 1. The van der Waals surface area contributed by atoms with Crippen LogP contribution in [0.2, 0.25) is 0 Å². The van der Waals surface area contributed by atoms with Crippen molar-refractivity contribution >= 4 is 22.4 Å². The van der Waals surface area contributed by atoms with E-state index in [0.29, 0.717) is 23.2 Å². The van der Waals surface area contributed by atoms with Crippen molar-refractivity contribution < 1.29 is 14.3 Å². The predicted octanol–water partition coefficient (Wildman–Crippen LogP) is 1.43. The zero-order chi connectivity index (χ0) is 14.4. The summed E-state index contributed by atoms with van der Waals surface area (Å²) < 4.78 is 10.5. The molecule has 0 saturated heterocycles. The summed E-state index contributed by atoms with van der Waals surface area (Å²) in [4.78, 5) is 15.7. The van der Waals surface area contributed by atoms with E-state index in [1.54, 1.807) is 24.6 Å². The average molecular weight is 293 g/mol. The Labute approximate surface area is 120 Å². The van der Waals surface area contributed by atoms with Crippen LogP contribution < -0.4 is 20.5 Å². The maximum atomic E-state index is 11.7. The molecule has 0 aliphatic rings. The number of carbonyl (C=O) groups is 1. The van der Waals surface area contributed by atoms with Crippen LogP contribution in [0.4, 0.5) is 5.13 Å². The lowest BCUT2D eigenvalue weighted by Gasteiger charge is -2.10. The molecule has 0 radical (unpaired) electrons. The minimum absolute atomic E-state index is 0.0833. The van der Waals surface area contributed by atoms with E-state index >= 15 is 0 Å². The monoisotopic (exact) mass is 293 g/mol. The lowest BCUT2D eigenvalue weighted by atomic mass is 10.3. The van der Waals surface area contributed by atoms with Crippen LogP contribution in [0.15, 0.2) is 29.6 Å². The first-order valence-electron chi connectivity index (χ1n) is 5.91. The number of nitrogen functional groups attached to an aromatic ring is 1. The summed E-state index contributed by atoms with van der Waals surface area (Å²) in [6.07, 6.45) is 0. The number of rotatable bonds is 6. The second-order valence-corrected chi connectivity index (χ2v) is 4.78. The van der Waals surface area contributed by atoms with Gasteiger partial charge in [0.15, 0.2) is 23.2 Å². The van der Waals surface area contributed by atoms with E-state index in [1.165, 1.54) is 11.3 Å². The van der Waals surface area contributed by atoms with Crippen LogP contribution >= 0.6 is 11.3 Å². The number of nitrogens with two attached hydrogens (primary N) is 1. The van der Waals surface area contributed by atoms with Gasteiger partial charge in [0.05, 0.1) is 19.3 Å². The molecule has 106 valence electrons. The maximum Gasteiger partial charge on any atom is 0.258 e. The van der Waals surface area contributed by atoms with Crippen molar-refractivity contribution in [1.29, 1.82) is 0 Å². The highest BCUT2D eigenvalue weighted by atomic mass is 32.1. The average Bonchev–Trinajstić information content (AvgIpc) is 2.89. The normalized spacial score (nSPS) is 10.1. The van der Waals surface area contributed by atoms with E-state index in [4.69, 9.17) is 15.2 Å². The van der Waals surface area contributed by atoms with Gasteiger partial charge in [0.2, 0.25) is 0 Å². The topological polar surface area (TPSA) is 86.5 Å². The van der Waals surface area contributed by atoms with Crippen LogP contribution in [0.3, 0.4) is 0 Å². The SMILES string of the molecule is COc1ccccc1OCC(=O)NCc1csc(N)n1. The van der Waals surface area contributed by atoms with Crippen molar-refractivity contribution in [1.82, 2.24) is 10.3 Å². The standard InChI is InChI=1S/C13H15N3O3S/c1-18-10-4-2-3-5-11(10)19-7-12(17)15-6-9-8-20-13(14)16-9/h2-5,8H,6-7H2,1H3,(H2,14,16)(H,15,17). The van der Waals surface area contributed by atoms with Crippen molar-refractivity contribution in [2.45, 2.75) is 6.54 Å². The molecular formula is C13H15N3O3S. The maximum absolute atomic E-state index is 11.7. The second kappa shape index (κ2) is 6.76. The van der Waals surface area contributed by atoms with Crippen LogP contribution in [0.5, 0.6) is 11.5 Å². The number of ether oxygens (including phenoxy) is 2. The Morgan fingerprint density at radius 2 is 2.15 bits per heavy atom. The number of benzene rings is 1. The summed E-state index contributed by atoms with van der Waals surface area (Å²) in [6, 6.07) is 7.16. The van der Waals surface area contributed by atoms with Gasteiger partial charge in [-0.25, -0.2) is 4.98 Å². The number of nitrogens with zero attached hydrogens (tertiary/aromatic N) is 1. The van der Waals surface area contributed by atoms with E-state index in [9.17, 15) is 4.79 Å². The third-order valence-corrected chi connectivity index (χ3v) is 3.19. The minimum atomic E-state index is -0.234. The zero-order valence-corrected chi connectivity index (χ0v) is 11.8. The fourth-order valence-corrected chi connectivity index (χ4v) is 2.09. The lowest BCUT2D eigenvalue weighted by molar-refractivity contribution is -0.123. The minimum Gasteiger partial charge on any atom is -0.493 e. The number of methoxy groups -OCH3 is 1. The molecule has 2 rings (SSSR count). The van der Waals surface area contributed by atoms with Crippen molar-refractivity contribution in [3.05, 3.63) is 35.3 Å². The molecule has 1 aromatic heterocycles. The van der Waals surface area contributed by atoms with E-state index < -0.39 is 0 Å². The third-order valence-electron chi connectivity index (χ3n) is 2.46. The number of anilines is 1. The number of nitrogens with one attached hydrogen (secondary N) is 1. The first kappa shape index (κ1) is 14.1. The molecule has 20 heavy (non-hydrogen) atoms. The molecule has 1 amide bonds. The molecule has 0 atom stereocenters. The van der Waals surface area contributed by atoms with E-state index in [1.807, 2.05) is 12.1 Å². The van der Waals surface area contributed by atoms with Crippen LogP contribution in [0, 0.1) is 0 Å². The first-order valence-corrected chi connectivity index (χ1v) is 6.79. The Morgan fingerprint density at radius 1 is 1.40 bits per heavy atom. The molecular weight excluding hydrogens is 278 g/mol. The van der Waals surface area contributed by atoms with Gasteiger partial charge in [-0.05, 0) is 12.1 Å². The smallest absolute Gasteiger partial charge is 0.258 e. The summed E-state index contributed by atoms with van der Waals surface area (Å²) in [7, 11) is 1.55. The zero-order valence-electron chi connectivity index (χ0n) is 11.0. The van der Waals surface area contributed by atoms with E-state index in [0.717, 1.165) is 5.69 Å². The van der Waals surface area contributed by atoms with Crippen LogP contribution in [-0.4, -0.2) is 24.6 Å². The Bertz CT molecular complexity index is 586. The molecule has 0 fully saturated rings. The van der Waals surface area contributed by atoms with Crippen molar-refractivity contribution in [2.75, 3.05) is 19.5 Å². The van der Waals surface area contributed by atoms with Gasteiger partial charge in [-0.2, -0.15) is 0 Å². The molecule has 3 N–H and O–H groups in total. The number of hydrogen-bond donors (Lipinski definition) is 2. The predicted molar refractivity (Wildman–Crippen MR) is 76.9 cm³/mol. The van der Waals surface area contributed by atoms with Crippen LogP contribution in [0.25, 0.3) is 0 Å². The van der Waals surface area contributed by atoms with Crippen LogP contribution in [-0.2, 0) is 11.3 Å². The van der Waals surface area contributed by atoms with Gasteiger partial charge in [-0.3, -0.25) is 4.79 Å². The Balaban J connectivity index is 1.80. The van der Waals surface area contributed by atoms with Crippen molar-refractivity contribution in [2.24, 2.45) is 0 Å². The van der Waals surface area contributed by atoms with Crippen LogP contribution in [0.1, 0.15) is 5.69 Å². The Morgan fingerprint density at radius 3 is 2.80 bits per heavy atom. The first-order chi connectivity index (χ1) is 9.69. The second-order valence-electron chi connectivity index (χ2n) is 3.89. The summed E-state index contributed by atoms with van der Waals surface area (Å²) >= 11 is 1.34. The number of amides is 1. The molecule has 0 aliphatic carbocycles. The van der Waals surface area contributed by atoms with Gasteiger partial charge in [-0.1, -0.05) is 12.1 Å². The summed E-state index contributed by atoms with van der Waals surface area (Å²) in [5.41, 5.74) is 6.24. The Hall–Kier alpha value is -2.28. The molecule has 1 aromatic carbocycles. The van der Waals surface area contributed by atoms with Gasteiger partial charge in [0, 0.05) is 5.38 Å². The molecule has 0 unspecified atom stereocenters. The van der Waals surface area contributed by atoms with Crippen molar-refractivity contribution in [3.8, 4) is 11.5 Å². The fourth-order valence-electron chi connectivity index (χ4n) is 1.53. The Kier molecular flexibility index (Phi) is 4.78. The van der Waals surface area contributed by atoms with E-state index in [2.05, 4.69) is 10.3 Å². The summed E-state index contributed by atoms with van der Waals surface area (Å²) in [5, 5.41) is 4.99. The highest BCUT2D eigenvalue weighted by Gasteiger charge is 2.07. The molecule has 0 bridgehead atoms. The van der Waals surface area contributed by atoms with Gasteiger partial charge in [-0.15, -0.1) is 11.3 Å².